The molecule has 2 N–H and O–H groups in total. The Balaban J connectivity index is 3.06. The number of aliphatic carboxylic acids is 1. The number of terminal acetylenes is 1. The zero-order chi connectivity index (χ0) is 14.4. The maximum Gasteiger partial charge on any atom is 0.335 e. The van der Waals surface area contributed by atoms with Crippen LogP contribution in [0, 0.1) is 19.3 Å². The molecule has 0 radical (unpaired) electrons. The summed E-state index contributed by atoms with van der Waals surface area (Å²) in [6, 6.07) is 4.70. The molecule has 0 unspecified atom stereocenters. The van der Waals surface area contributed by atoms with Crippen molar-refractivity contribution >= 4 is 17.6 Å². The highest BCUT2D eigenvalue weighted by atomic mass is 16.4. The number of carboxylic acids is 2. The first-order valence-electron chi connectivity index (χ1n) is 5.70. The van der Waals surface area contributed by atoms with Crippen LogP contribution >= 0.6 is 0 Å². The normalized spacial score (nSPS) is 9.68. The lowest BCUT2D eigenvalue weighted by Gasteiger charge is -2.24. The van der Waals surface area contributed by atoms with Gasteiger partial charge in [-0.05, 0) is 24.6 Å². The largest absolute Gasteiger partial charge is 0.481 e. The molecule has 0 saturated carbocycles. The van der Waals surface area contributed by atoms with Gasteiger partial charge in [0.25, 0.3) is 0 Å². The Kier molecular flexibility index (Phi) is 4.95. The molecule has 0 bridgehead atoms. The summed E-state index contributed by atoms with van der Waals surface area (Å²) in [4.78, 5) is 23.3. The summed E-state index contributed by atoms with van der Waals surface area (Å²) in [5.74, 6) is 0.502. The number of hydrogen-bond donors (Lipinski definition) is 2. The van der Waals surface area contributed by atoms with Gasteiger partial charge in [-0.15, -0.1) is 6.42 Å². The Hall–Kier alpha value is -2.48. The van der Waals surface area contributed by atoms with Crippen molar-refractivity contribution in [2.24, 2.45) is 0 Å². The van der Waals surface area contributed by atoms with Crippen molar-refractivity contribution in [2.45, 2.75) is 13.3 Å². The Bertz CT molecular complexity index is 531. The van der Waals surface area contributed by atoms with E-state index in [9.17, 15) is 9.59 Å². The third-order valence-corrected chi connectivity index (χ3v) is 2.67. The molecule has 100 valence electrons. The van der Waals surface area contributed by atoms with Crippen LogP contribution in [-0.4, -0.2) is 35.2 Å². The molecule has 0 aliphatic heterocycles. The molecule has 0 aromatic heterocycles. The average molecular weight is 261 g/mol. The van der Waals surface area contributed by atoms with E-state index in [1.807, 2.05) is 6.92 Å². The van der Waals surface area contributed by atoms with Crippen molar-refractivity contribution < 1.29 is 19.8 Å². The second-order valence-electron chi connectivity index (χ2n) is 4.08. The van der Waals surface area contributed by atoms with E-state index >= 15 is 0 Å². The minimum absolute atomic E-state index is 0.0571. The number of aromatic carboxylic acids is 1. The van der Waals surface area contributed by atoms with E-state index in [1.54, 1.807) is 11.0 Å². The predicted octanol–water partition coefficient (Wildman–Crippen LogP) is 1.61. The highest BCUT2D eigenvalue weighted by molar-refractivity contribution is 5.89. The van der Waals surface area contributed by atoms with Gasteiger partial charge in [0.1, 0.15) is 0 Å². The van der Waals surface area contributed by atoms with Gasteiger partial charge in [-0.25, -0.2) is 4.79 Å². The lowest BCUT2D eigenvalue weighted by atomic mass is 10.1. The third kappa shape index (κ3) is 4.03. The van der Waals surface area contributed by atoms with Gasteiger partial charge >= 0.3 is 11.9 Å². The first-order valence-corrected chi connectivity index (χ1v) is 5.70. The Morgan fingerprint density at radius 3 is 2.58 bits per heavy atom. The standard InChI is InChI=1S/C14H15NO4/c1-3-7-15(8-6-13(16)17)12-9-11(14(18)19)5-4-10(12)2/h1,4-5,9H,6-8H2,2H3,(H,16,17)(H,18,19). The number of carbonyl (C=O) groups is 2. The first kappa shape index (κ1) is 14.6. The minimum atomic E-state index is -1.03. The van der Waals surface area contributed by atoms with Crippen LogP contribution in [0.5, 0.6) is 0 Å². The molecule has 0 amide bonds. The van der Waals surface area contributed by atoms with Crippen LogP contribution in [0.15, 0.2) is 18.2 Å². The van der Waals surface area contributed by atoms with Gasteiger partial charge < -0.3 is 15.1 Å². The van der Waals surface area contributed by atoms with Crippen molar-refractivity contribution in [1.29, 1.82) is 0 Å². The zero-order valence-electron chi connectivity index (χ0n) is 10.6. The summed E-state index contributed by atoms with van der Waals surface area (Å²) < 4.78 is 0. The number of hydrogen-bond acceptors (Lipinski definition) is 3. The molecule has 0 aliphatic carbocycles. The van der Waals surface area contributed by atoms with Crippen LogP contribution in [0.25, 0.3) is 0 Å². The van der Waals surface area contributed by atoms with Crippen LogP contribution in [0.4, 0.5) is 5.69 Å². The number of anilines is 1. The van der Waals surface area contributed by atoms with E-state index in [0.29, 0.717) is 5.69 Å². The van der Waals surface area contributed by atoms with Gasteiger partial charge in [-0.2, -0.15) is 0 Å². The van der Waals surface area contributed by atoms with Crippen molar-refractivity contribution in [3.8, 4) is 12.3 Å². The van der Waals surface area contributed by atoms with E-state index in [2.05, 4.69) is 5.92 Å². The fourth-order valence-corrected chi connectivity index (χ4v) is 1.71. The number of rotatable bonds is 6. The molecule has 0 spiro atoms. The summed E-state index contributed by atoms with van der Waals surface area (Å²) in [6.07, 6.45) is 5.21. The van der Waals surface area contributed by atoms with E-state index in [1.165, 1.54) is 12.1 Å². The van der Waals surface area contributed by atoms with Crippen molar-refractivity contribution in [3.63, 3.8) is 0 Å². The average Bonchev–Trinajstić information content (AvgIpc) is 2.35. The van der Waals surface area contributed by atoms with Gasteiger partial charge in [0, 0.05) is 12.2 Å². The first-order chi connectivity index (χ1) is 8.95. The highest BCUT2D eigenvalue weighted by Gasteiger charge is 2.13. The van der Waals surface area contributed by atoms with Crippen molar-refractivity contribution in [2.75, 3.05) is 18.0 Å². The van der Waals surface area contributed by atoms with Crippen LogP contribution < -0.4 is 4.90 Å². The van der Waals surface area contributed by atoms with Gasteiger partial charge in [0.2, 0.25) is 0 Å². The van der Waals surface area contributed by atoms with Gasteiger partial charge in [-0.1, -0.05) is 12.0 Å². The molecule has 5 heteroatoms. The Labute approximate surface area is 111 Å². The van der Waals surface area contributed by atoms with Crippen LogP contribution in [0.1, 0.15) is 22.3 Å². The molecular weight excluding hydrogens is 246 g/mol. The van der Waals surface area contributed by atoms with E-state index < -0.39 is 11.9 Å². The molecule has 1 aromatic rings. The smallest absolute Gasteiger partial charge is 0.335 e. The van der Waals surface area contributed by atoms with Crippen molar-refractivity contribution in [3.05, 3.63) is 29.3 Å². The number of nitrogens with zero attached hydrogens (tertiary/aromatic N) is 1. The number of benzene rings is 1. The SMILES string of the molecule is C#CCN(CCC(=O)O)c1cc(C(=O)O)ccc1C. The Morgan fingerprint density at radius 1 is 1.37 bits per heavy atom. The molecule has 0 fully saturated rings. The van der Waals surface area contributed by atoms with E-state index in [4.69, 9.17) is 16.6 Å². The molecule has 0 atom stereocenters. The van der Waals surface area contributed by atoms with E-state index in [-0.39, 0.29) is 25.1 Å². The lowest BCUT2D eigenvalue weighted by Crippen LogP contribution is -2.27. The zero-order valence-corrected chi connectivity index (χ0v) is 10.6. The van der Waals surface area contributed by atoms with Crippen LogP contribution in [0.2, 0.25) is 0 Å². The highest BCUT2D eigenvalue weighted by Crippen LogP contribution is 2.22. The number of aryl methyl sites for hydroxylation is 1. The second kappa shape index (κ2) is 6.45. The summed E-state index contributed by atoms with van der Waals surface area (Å²) in [6.45, 7) is 2.30. The molecule has 0 heterocycles. The number of carboxylic acid groups (broad SMARTS) is 2. The molecule has 5 nitrogen and oxygen atoms in total. The second-order valence-corrected chi connectivity index (χ2v) is 4.08. The maximum atomic E-state index is 11.0. The van der Waals surface area contributed by atoms with Crippen LogP contribution in [0.3, 0.4) is 0 Å². The quantitative estimate of drug-likeness (QED) is 0.761. The fourth-order valence-electron chi connectivity index (χ4n) is 1.71. The lowest BCUT2D eigenvalue weighted by molar-refractivity contribution is -0.136. The topological polar surface area (TPSA) is 77.8 Å². The monoisotopic (exact) mass is 261 g/mol. The molecule has 0 aliphatic rings. The van der Waals surface area contributed by atoms with Crippen LogP contribution in [-0.2, 0) is 4.79 Å². The predicted molar refractivity (Wildman–Crippen MR) is 71.4 cm³/mol. The maximum absolute atomic E-state index is 11.0. The molecular formula is C14H15NO4. The summed E-state index contributed by atoms with van der Waals surface area (Å²) in [7, 11) is 0. The molecule has 19 heavy (non-hydrogen) atoms. The third-order valence-electron chi connectivity index (χ3n) is 2.67. The van der Waals surface area contributed by atoms with Gasteiger partial charge in [0.15, 0.2) is 0 Å². The minimum Gasteiger partial charge on any atom is -0.481 e. The van der Waals surface area contributed by atoms with Crippen molar-refractivity contribution in [1.82, 2.24) is 0 Å². The molecule has 1 aromatic carbocycles. The van der Waals surface area contributed by atoms with E-state index in [0.717, 1.165) is 5.56 Å². The Morgan fingerprint density at radius 2 is 2.05 bits per heavy atom. The molecule has 1 rings (SSSR count). The summed E-state index contributed by atoms with van der Waals surface area (Å²) >= 11 is 0. The van der Waals surface area contributed by atoms with Gasteiger partial charge in [0.05, 0.1) is 18.5 Å². The summed E-state index contributed by atoms with van der Waals surface area (Å²) in [5.41, 5.74) is 1.66. The van der Waals surface area contributed by atoms with Gasteiger partial charge in [-0.3, -0.25) is 4.79 Å². The fraction of sp³-hybridized carbons (Fsp3) is 0.286. The molecule has 0 saturated heterocycles. The summed E-state index contributed by atoms with van der Waals surface area (Å²) in [5, 5.41) is 17.7.